The maximum absolute atomic E-state index is 12.8. The van der Waals surface area contributed by atoms with E-state index >= 15 is 0 Å². The summed E-state index contributed by atoms with van der Waals surface area (Å²) in [5.74, 6) is -3.46. The van der Waals surface area contributed by atoms with Gasteiger partial charge in [-0.2, -0.15) is 0 Å². The maximum atomic E-state index is 12.8. The molecule has 2 fully saturated rings. The Morgan fingerprint density at radius 2 is 1.81 bits per heavy atom. The predicted molar refractivity (Wildman–Crippen MR) is 101 cm³/mol. The van der Waals surface area contributed by atoms with Crippen molar-refractivity contribution >= 4 is 43.6 Å². The molecule has 0 N–H and O–H groups in total. The van der Waals surface area contributed by atoms with E-state index in [2.05, 4.69) is 15.9 Å². The van der Waals surface area contributed by atoms with Crippen molar-refractivity contribution in [2.45, 2.75) is 87.1 Å². The summed E-state index contributed by atoms with van der Waals surface area (Å²) in [7, 11) is -3.79. The molecule has 0 saturated carbocycles. The minimum absolute atomic E-state index is 0.204. The monoisotopic (exact) mass is 467 g/mol. The lowest BCUT2D eigenvalue weighted by Crippen LogP contribution is -2.65. The molecular weight excluding hydrogens is 442 g/mol. The van der Waals surface area contributed by atoms with Crippen LogP contribution in [0.15, 0.2) is 0 Å². The van der Waals surface area contributed by atoms with Crippen LogP contribution in [0.25, 0.3) is 0 Å². The number of alkyl halides is 1. The van der Waals surface area contributed by atoms with Crippen molar-refractivity contribution in [2.75, 3.05) is 0 Å². The Labute approximate surface area is 168 Å². The third-order valence-electron chi connectivity index (χ3n) is 4.92. The lowest BCUT2D eigenvalue weighted by Gasteiger charge is -2.40. The van der Waals surface area contributed by atoms with Crippen molar-refractivity contribution in [1.82, 2.24) is 4.90 Å². The van der Waals surface area contributed by atoms with Crippen LogP contribution in [0, 0.1) is 0 Å². The van der Waals surface area contributed by atoms with E-state index < -0.39 is 54.5 Å². The molecule has 1 amide bonds. The van der Waals surface area contributed by atoms with E-state index in [4.69, 9.17) is 9.47 Å². The van der Waals surface area contributed by atoms with Gasteiger partial charge in [-0.15, -0.1) is 0 Å². The molecule has 2 aliphatic rings. The van der Waals surface area contributed by atoms with Gasteiger partial charge in [0.15, 0.2) is 15.2 Å². The summed E-state index contributed by atoms with van der Waals surface area (Å²) in [6.45, 7) is 7.60. The van der Waals surface area contributed by atoms with Crippen LogP contribution >= 0.6 is 15.9 Å². The van der Waals surface area contributed by atoms with E-state index in [0.29, 0.717) is 6.42 Å². The van der Waals surface area contributed by atoms with E-state index in [1.165, 1.54) is 27.7 Å². The molecule has 0 unspecified atom stereocenters. The van der Waals surface area contributed by atoms with Gasteiger partial charge in [0.1, 0.15) is 15.6 Å². The number of carbonyl (C=O) groups is 3. The molecule has 0 spiro atoms. The van der Waals surface area contributed by atoms with E-state index in [-0.39, 0.29) is 6.42 Å². The first kappa shape index (κ1) is 22.1. The van der Waals surface area contributed by atoms with E-state index in [0.717, 1.165) is 17.7 Å². The molecule has 0 bridgehead atoms. The minimum Gasteiger partial charge on any atom is -0.423 e. The molecule has 8 nitrogen and oxygen atoms in total. The summed E-state index contributed by atoms with van der Waals surface area (Å²) in [6, 6.07) is -1.30. The summed E-state index contributed by atoms with van der Waals surface area (Å²) in [4.78, 5) is 37.0. The lowest BCUT2D eigenvalue weighted by molar-refractivity contribution is -0.221. The molecule has 0 aromatic carbocycles. The van der Waals surface area contributed by atoms with Crippen LogP contribution in [0.1, 0.15) is 60.3 Å². The zero-order chi connectivity index (χ0) is 20.8. The van der Waals surface area contributed by atoms with Gasteiger partial charge >= 0.3 is 11.9 Å². The summed E-state index contributed by atoms with van der Waals surface area (Å²) >= 11 is 3.07. The molecule has 2 aliphatic heterocycles. The van der Waals surface area contributed by atoms with Crippen molar-refractivity contribution in [3.8, 4) is 0 Å². The zero-order valence-electron chi connectivity index (χ0n) is 16.2. The van der Waals surface area contributed by atoms with Crippen LogP contribution in [-0.4, -0.2) is 57.9 Å². The molecule has 3 atom stereocenters. The fraction of sp³-hybridized carbons (Fsp3) is 0.824. The van der Waals surface area contributed by atoms with Crippen LogP contribution in [-0.2, 0) is 33.7 Å². The number of esters is 2. The quantitative estimate of drug-likeness (QED) is 0.185. The van der Waals surface area contributed by atoms with Gasteiger partial charge in [-0.05, 0) is 20.3 Å². The first-order chi connectivity index (χ1) is 12.3. The number of amides is 1. The van der Waals surface area contributed by atoms with Gasteiger partial charge < -0.3 is 14.4 Å². The molecule has 0 aromatic heterocycles. The SMILES string of the molecule is CCCCCC(=O)OC(C)(C)OC(=O)[C@@H]1N2C(=O)[C@@H](Br)[C@H]2S(=O)(=O)C1(C)C. The third-order valence-corrected chi connectivity index (χ3v) is 8.98. The van der Waals surface area contributed by atoms with Crippen molar-refractivity contribution < 1.29 is 32.3 Å². The number of rotatable bonds is 7. The van der Waals surface area contributed by atoms with Gasteiger partial charge in [0, 0.05) is 20.3 Å². The van der Waals surface area contributed by atoms with Gasteiger partial charge in [-0.3, -0.25) is 9.59 Å². The van der Waals surface area contributed by atoms with E-state index in [1.807, 2.05) is 6.92 Å². The number of carbonyl (C=O) groups excluding carboxylic acids is 3. The number of halogens is 1. The van der Waals surface area contributed by atoms with E-state index in [9.17, 15) is 22.8 Å². The van der Waals surface area contributed by atoms with Crippen LogP contribution < -0.4 is 0 Å². The van der Waals surface area contributed by atoms with Crippen molar-refractivity contribution in [2.24, 2.45) is 0 Å². The molecular formula is C17H26BrNO7S. The summed E-state index contributed by atoms with van der Waals surface area (Å²) in [5.41, 5.74) is 0. The average molecular weight is 468 g/mol. The predicted octanol–water partition coefficient (Wildman–Crippen LogP) is 1.90. The molecule has 154 valence electrons. The maximum Gasteiger partial charge on any atom is 0.333 e. The second-order valence-electron chi connectivity index (χ2n) is 7.84. The fourth-order valence-corrected chi connectivity index (χ4v) is 6.83. The first-order valence-corrected chi connectivity index (χ1v) is 11.4. The first-order valence-electron chi connectivity index (χ1n) is 8.92. The second-order valence-corrected chi connectivity index (χ2v) is 11.5. The Hall–Kier alpha value is -1.16. The number of hydrogen-bond acceptors (Lipinski definition) is 7. The average Bonchev–Trinajstić information content (AvgIpc) is 2.67. The van der Waals surface area contributed by atoms with Crippen LogP contribution in [0.3, 0.4) is 0 Å². The number of ether oxygens (including phenoxy) is 2. The highest BCUT2D eigenvalue weighted by molar-refractivity contribution is 9.10. The largest absolute Gasteiger partial charge is 0.423 e. The Kier molecular flexibility index (Phi) is 6.02. The normalized spacial score (nSPS) is 28.3. The number of β-lactam (4-membered cyclic amide) rings is 1. The Morgan fingerprint density at radius 3 is 2.37 bits per heavy atom. The van der Waals surface area contributed by atoms with Crippen LogP contribution in [0.5, 0.6) is 0 Å². The van der Waals surface area contributed by atoms with Crippen LogP contribution in [0.2, 0.25) is 0 Å². The Balaban J connectivity index is 2.12. The van der Waals surface area contributed by atoms with Crippen molar-refractivity contribution in [3.63, 3.8) is 0 Å². The smallest absolute Gasteiger partial charge is 0.333 e. The van der Waals surface area contributed by atoms with Crippen molar-refractivity contribution in [1.29, 1.82) is 0 Å². The van der Waals surface area contributed by atoms with Gasteiger partial charge in [-0.25, -0.2) is 13.2 Å². The fourth-order valence-electron chi connectivity index (χ4n) is 3.39. The molecule has 0 aliphatic carbocycles. The highest BCUT2D eigenvalue weighted by Crippen LogP contribution is 2.48. The van der Waals surface area contributed by atoms with Gasteiger partial charge in [0.2, 0.25) is 5.91 Å². The summed E-state index contributed by atoms with van der Waals surface area (Å²) in [5, 5.41) is -1.10. The van der Waals surface area contributed by atoms with Gasteiger partial charge in [0.25, 0.3) is 5.79 Å². The molecule has 27 heavy (non-hydrogen) atoms. The summed E-state index contributed by atoms with van der Waals surface area (Å²) < 4.78 is 34.4. The van der Waals surface area contributed by atoms with Gasteiger partial charge in [0.05, 0.1) is 0 Å². The number of sulfone groups is 1. The highest BCUT2D eigenvalue weighted by Gasteiger charge is 2.72. The van der Waals surface area contributed by atoms with E-state index in [1.54, 1.807) is 0 Å². The zero-order valence-corrected chi connectivity index (χ0v) is 18.6. The minimum atomic E-state index is -3.79. The molecule has 10 heteroatoms. The standard InChI is InChI=1S/C17H26BrNO7S/c1-6-7-8-9-10(20)25-17(4,5)26-15(22)12-16(2,3)27(23,24)14-11(18)13(21)19(12)14/h11-12,14H,6-9H2,1-5H3/t11-,12+,14-/m1/s1. The number of fused-ring (bicyclic) bond motifs is 1. The Bertz CT molecular complexity index is 746. The molecule has 0 radical (unpaired) electrons. The number of unbranched alkanes of at least 4 members (excludes halogenated alkanes) is 2. The molecule has 2 rings (SSSR count). The number of nitrogens with zero attached hydrogens (tertiary/aromatic N) is 1. The Morgan fingerprint density at radius 1 is 1.22 bits per heavy atom. The lowest BCUT2D eigenvalue weighted by atomic mass is 9.98. The van der Waals surface area contributed by atoms with Gasteiger partial charge in [-0.1, -0.05) is 35.7 Å². The van der Waals surface area contributed by atoms with Crippen LogP contribution in [0.4, 0.5) is 0 Å². The molecule has 0 aromatic rings. The molecule has 2 heterocycles. The van der Waals surface area contributed by atoms with Crippen molar-refractivity contribution in [3.05, 3.63) is 0 Å². The highest BCUT2D eigenvalue weighted by atomic mass is 79.9. The third kappa shape index (κ3) is 3.74. The summed E-state index contributed by atoms with van der Waals surface area (Å²) in [6.07, 6.45) is 2.71. The number of hydrogen-bond donors (Lipinski definition) is 0. The topological polar surface area (TPSA) is 107 Å². The second kappa shape index (κ2) is 7.35. The molecule has 2 saturated heterocycles.